The summed E-state index contributed by atoms with van der Waals surface area (Å²) in [6.07, 6.45) is 2.29. The number of hydrogen-bond acceptors (Lipinski definition) is 3. The Balaban J connectivity index is 1.54. The van der Waals surface area contributed by atoms with Crippen LogP contribution >= 0.6 is 11.3 Å². The van der Waals surface area contributed by atoms with Crippen molar-refractivity contribution in [3.63, 3.8) is 0 Å². The molecule has 2 aromatic carbocycles. The Bertz CT molecular complexity index is 811. The Morgan fingerprint density at radius 2 is 1.96 bits per heavy atom. The van der Waals surface area contributed by atoms with Crippen molar-refractivity contribution < 1.29 is 4.79 Å². The zero-order valence-electron chi connectivity index (χ0n) is 13.7. The van der Waals surface area contributed by atoms with Crippen LogP contribution in [0.5, 0.6) is 0 Å². The second-order valence-electron chi connectivity index (χ2n) is 5.72. The molecule has 122 valence electrons. The minimum atomic E-state index is 0.0533. The molecular formula is C20H20N2OS. The third-order valence-corrected chi connectivity index (χ3v) is 4.55. The molecular weight excluding hydrogens is 316 g/mol. The molecule has 3 rings (SSSR count). The van der Waals surface area contributed by atoms with Crippen LogP contribution in [-0.2, 0) is 11.2 Å². The first-order valence-corrected chi connectivity index (χ1v) is 8.95. The Hall–Kier alpha value is -2.46. The van der Waals surface area contributed by atoms with Crippen molar-refractivity contribution in [1.29, 1.82) is 0 Å². The SMILES string of the molecule is Cc1nc(-c2cccc(NC(=O)CCCc3ccccc3)c2)cs1. The van der Waals surface area contributed by atoms with E-state index in [1.165, 1.54) is 5.56 Å². The average molecular weight is 336 g/mol. The van der Waals surface area contributed by atoms with Crippen molar-refractivity contribution in [3.05, 3.63) is 70.5 Å². The van der Waals surface area contributed by atoms with Gasteiger partial charge in [0.05, 0.1) is 10.7 Å². The molecule has 0 radical (unpaired) electrons. The van der Waals surface area contributed by atoms with E-state index in [0.29, 0.717) is 6.42 Å². The first kappa shape index (κ1) is 16.4. The number of carbonyl (C=O) groups excluding carboxylic acids is 1. The largest absolute Gasteiger partial charge is 0.326 e. The van der Waals surface area contributed by atoms with E-state index in [1.54, 1.807) is 11.3 Å². The van der Waals surface area contributed by atoms with Gasteiger partial charge in [0, 0.05) is 23.1 Å². The maximum absolute atomic E-state index is 12.1. The standard InChI is InChI=1S/C20H20N2OS/c1-15-21-19(14-24-15)17-10-6-11-18(13-17)22-20(23)12-5-9-16-7-3-2-4-8-16/h2-4,6-8,10-11,13-14H,5,9,12H2,1H3,(H,22,23). The third kappa shape index (κ3) is 4.52. The molecule has 3 aromatic rings. The molecule has 1 N–H and O–H groups in total. The highest BCUT2D eigenvalue weighted by molar-refractivity contribution is 7.09. The van der Waals surface area contributed by atoms with E-state index in [1.807, 2.05) is 54.8 Å². The lowest BCUT2D eigenvalue weighted by atomic mass is 10.1. The van der Waals surface area contributed by atoms with Crippen molar-refractivity contribution in [1.82, 2.24) is 4.98 Å². The Morgan fingerprint density at radius 1 is 1.12 bits per heavy atom. The number of anilines is 1. The summed E-state index contributed by atoms with van der Waals surface area (Å²) >= 11 is 1.63. The van der Waals surface area contributed by atoms with Crippen LogP contribution in [-0.4, -0.2) is 10.9 Å². The van der Waals surface area contributed by atoms with Crippen LogP contribution in [0.4, 0.5) is 5.69 Å². The van der Waals surface area contributed by atoms with Crippen molar-refractivity contribution in [2.24, 2.45) is 0 Å². The van der Waals surface area contributed by atoms with Gasteiger partial charge in [-0.2, -0.15) is 0 Å². The van der Waals surface area contributed by atoms with Crippen molar-refractivity contribution in [3.8, 4) is 11.3 Å². The molecule has 0 aliphatic heterocycles. The van der Waals surface area contributed by atoms with E-state index in [0.717, 1.165) is 34.8 Å². The molecule has 1 aromatic heterocycles. The second kappa shape index (κ2) is 7.88. The first-order chi connectivity index (χ1) is 11.7. The number of aryl methyl sites for hydroxylation is 2. The van der Waals surface area contributed by atoms with Crippen molar-refractivity contribution in [2.45, 2.75) is 26.2 Å². The van der Waals surface area contributed by atoms with Gasteiger partial charge in [0.2, 0.25) is 5.91 Å². The predicted molar refractivity (Wildman–Crippen MR) is 100 cm³/mol. The molecule has 0 saturated carbocycles. The van der Waals surface area contributed by atoms with Gasteiger partial charge in [-0.3, -0.25) is 4.79 Å². The van der Waals surface area contributed by atoms with Crippen molar-refractivity contribution >= 4 is 22.9 Å². The summed E-state index contributed by atoms with van der Waals surface area (Å²) in [5.74, 6) is 0.0533. The average Bonchev–Trinajstić information content (AvgIpc) is 3.03. The maximum Gasteiger partial charge on any atom is 0.224 e. The highest BCUT2D eigenvalue weighted by Gasteiger charge is 2.06. The summed E-state index contributed by atoms with van der Waals surface area (Å²) in [5.41, 5.74) is 4.08. The molecule has 1 heterocycles. The minimum absolute atomic E-state index is 0.0533. The Kier molecular flexibility index (Phi) is 5.39. The number of rotatable bonds is 6. The molecule has 4 heteroatoms. The fraction of sp³-hybridized carbons (Fsp3) is 0.200. The number of aromatic nitrogens is 1. The van der Waals surface area contributed by atoms with E-state index in [9.17, 15) is 4.79 Å². The molecule has 0 saturated heterocycles. The summed E-state index contributed by atoms with van der Waals surface area (Å²) in [6.45, 7) is 1.99. The fourth-order valence-corrected chi connectivity index (χ4v) is 3.20. The van der Waals surface area contributed by atoms with Gasteiger partial charge in [-0.15, -0.1) is 11.3 Å². The molecule has 0 aliphatic rings. The predicted octanol–water partition coefficient (Wildman–Crippen LogP) is 5.08. The molecule has 3 nitrogen and oxygen atoms in total. The van der Waals surface area contributed by atoms with Gasteiger partial charge in [0.1, 0.15) is 0 Å². The molecule has 24 heavy (non-hydrogen) atoms. The van der Waals surface area contributed by atoms with Crippen LogP contribution in [0.2, 0.25) is 0 Å². The van der Waals surface area contributed by atoms with E-state index in [2.05, 4.69) is 22.4 Å². The summed E-state index contributed by atoms with van der Waals surface area (Å²) < 4.78 is 0. The third-order valence-electron chi connectivity index (χ3n) is 3.77. The number of carbonyl (C=O) groups is 1. The molecule has 0 unspecified atom stereocenters. The number of nitrogens with zero attached hydrogens (tertiary/aromatic N) is 1. The van der Waals surface area contributed by atoms with Gasteiger partial charge in [-0.05, 0) is 37.5 Å². The summed E-state index contributed by atoms with van der Waals surface area (Å²) in [6, 6.07) is 18.1. The number of benzene rings is 2. The zero-order chi connectivity index (χ0) is 16.8. The highest BCUT2D eigenvalue weighted by atomic mass is 32.1. The first-order valence-electron chi connectivity index (χ1n) is 8.07. The summed E-state index contributed by atoms with van der Waals surface area (Å²) in [7, 11) is 0. The van der Waals surface area contributed by atoms with Crippen LogP contribution < -0.4 is 5.32 Å². The van der Waals surface area contributed by atoms with Gasteiger partial charge in [-0.1, -0.05) is 42.5 Å². The lowest BCUT2D eigenvalue weighted by Crippen LogP contribution is -2.11. The van der Waals surface area contributed by atoms with Crippen LogP contribution in [0.15, 0.2) is 60.0 Å². The second-order valence-corrected chi connectivity index (χ2v) is 6.78. The quantitative estimate of drug-likeness (QED) is 0.682. The van der Waals surface area contributed by atoms with Gasteiger partial charge in [-0.25, -0.2) is 4.98 Å². The number of nitrogens with one attached hydrogen (secondary N) is 1. The fourth-order valence-electron chi connectivity index (χ4n) is 2.57. The smallest absolute Gasteiger partial charge is 0.224 e. The van der Waals surface area contributed by atoms with Crippen LogP contribution in [0.1, 0.15) is 23.4 Å². The van der Waals surface area contributed by atoms with Crippen molar-refractivity contribution in [2.75, 3.05) is 5.32 Å². The van der Waals surface area contributed by atoms with E-state index in [-0.39, 0.29) is 5.91 Å². The number of hydrogen-bond donors (Lipinski definition) is 1. The monoisotopic (exact) mass is 336 g/mol. The maximum atomic E-state index is 12.1. The highest BCUT2D eigenvalue weighted by Crippen LogP contribution is 2.24. The van der Waals surface area contributed by atoms with E-state index >= 15 is 0 Å². The van der Waals surface area contributed by atoms with Gasteiger partial charge in [0.15, 0.2) is 0 Å². The lowest BCUT2D eigenvalue weighted by molar-refractivity contribution is -0.116. The molecule has 0 bridgehead atoms. The minimum Gasteiger partial charge on any atom is -0.326 e. The topological polar surface area (TPSA) is 42.0 Å². The lowest BCUT2D eigenvalue weighted by Gasteiger charge is -2.07. The van der Waals surface area contributed by atoms with E-state index < -0.39 is 0 Å². The van der Waals surface area contributed by atoms with Crippen LogP contribution in [0.25, 0.3) is 11.3 Å². The zero-order valence-corrected chi connectivity index (χ0v) is 14.5. The van der Waals surface area contributed by atoms with E-state index in [4.69, 9.17) is 0 Å². The van der Waals surface area contributed by atoms with Gasteiger partial charge >= 0.3 is 0 Å². The molecule has 0 fully saturated rings. The number of amides is 1. The number of thiazole rings is 1. The normalized spacial score (nSPS) is 10.5. The molecule has 0 spiro atoms. The molecule has 0 atom stereocenters. The van der Waals surface area contributed by atoms with Gasteiger partial charge in [0.25, 0.3) is 0 Å². The molecule has 0 aliphatic carbocycles. The Labute approximate surface area is 146 Å². The van der Waals surface area contributed by atoms with Crippen LogP contribution in [0, 0.1) is 6.92 Å². The summed E-state index contributed by atoms with van der Waals surface area (Å²) in [4.78, 5) is 16.6. The summed E-state index contributed by atoms with van der Waals surface area (Å²) in [5, 5.41) is 6.06. The Morgan fingerprint density at radius 3 is 2.71 bits per heavy atom. The molecule has 1 amide bonds. The van der Waals surface area contributed by atoms with Gasteiger partial charge < -0.3 is 5.32 Å². The van der Waals surface area contributed by atoms with Crippen LogP contribution in [0.3, 0.4) is 0 Å².